The molecule has 0 N–H and O–H groups in total. The zero-order valence-corrected chi connectivity index (χ0v) is 13.1. The van der Waals surface area contributed by atoms with Gasteiger partial charge in [0.15, 0.2) is 0 Å². The van der Waals surface area contributed by atoms with E-state index in [0.717, 1.165) is 11.7 Å². The molecule has 0 aliphatic rings. The Kier molecular flexibility index (Phi) is 9.65. The minimum Gasteiger partial charge on any atom is 1.00 e. The first kappa shape index (κ1) is 14.8. The molecule has 0 spiro atoms. The maximum Gasteiger partial charge on any atom is 1.00 e. The van der Waals surface area contributed by atoms with Crippen molar-refractivity contribution in [1.29, 1.82) is 0 Å². The molecule has 1 aromatic carbocycles. The fourth-order valence-corrected chi connectivity index (χ4v) is 2.76. The molecular formula is C10H11KO2Se. The summed E-state index contributed by atoms with van der Waals surface area (Å²) in [6, 6.07) is 10.2. The predicted molar refractivity (Wildman–Crippen MR) is 50.9 cm³/mol. The summed E-state index contributed by atoms with van der Waals surface area (Å²) >= 11 is 0.413. The summed E-state index contributed by atoms with van der Waals surface area (Å²) in [5.74, 6) is -0.941. The second-order valence-corrected chi connectivity index (χ2v) is 5.09. The van der Waals surface area contributed by atoms with E-state index in [4.69, 9.17) is 0 Å². The zero-order chi connectivity index (χ0) is 9.52. The first-order valence-electron chi connectivity index (χ1n) is 4.17. The first-order valence-corrected chi connectivity index (χ1v) is 6.23. The van der Waals surface area contributed by atoms with E-state index in [9.17, 15) is 9.90 Å². The number of carbonyl (C=O) groups excluding carboxylic acids is 1. The number of benzene rings is 1. The molecule has 1 aromatic rings. The molecule has 1 rings (SSSR count). The van der Waals surface area contributed by atoms with Gasteiger partial charge in [-0.1, -0.05) is 0 Å². The predicted octanol–water partition coefficient (Wildman–Crippen LogP) is -3.03. The van der Waals surface area contributed by atoms with E-state index < -0.39 is 5.97 Å². The Morgan fingerprint density at radius 3 is 2.50 bits per heavy atom. The number of hydrogen-bond donors (Lipinski definition) is 0. The summed E-state index contributed by atoms with van der Waals surface area (Å²) in [6.07, 6.45) is 0.922. The molecule has 4 heteroatoms. The van der Waals surface area contributed by atoms with Crippen LogP contribution in [0.5, 0.6) is 0 Å². The second-order valence-electron chi connectivity index (χ2n) is 2.64. The van der Waals surface area contributed by atoms with Crippen molar-refractivity contribution >= 4 is 25.4 Å². The van der Waals surface area contributed by atoms with Crippen LogP contribution in [0.15, 0.2) is 30.3 Å². The molecule has 70 valence electrons. The SMILES string of the molecule is O=C([O-])CCC[Se]c1ccccc1.[K+]. The van der Waals surface area contributed by atoms with Crippen LogP contribution >= 0.6 is 0 Å². The van der Waals surface area contributed by atoms with Crippen LogP contribution in [0.3, 0.4) is 0 Å². The standard InChI is InChI=1S/C10H12O2Se.K/c11-10(12)7-4-8-13-9-5-2-1-3-6-9;/h1-3,5-6H,4,7-8H2,(H,11,12);/q;+1/p-1. The van der Waals surface area contributed by atoms with Crippen LogP contribution in [0, 0.1) is 0 Å². The average Bonchev–Trinajstić information content (AvgIpc) is 2.14. The van der Waals surface area contributed by atoms with Gasteiger partial charge in [-0.25, -0.2) is 0 Å². The van der Waals surface area contributed by atoms with Gasteiger partial charge in [0.2, 0.25) is 0 Å². The van der Waals surface area contributed by atoms with Crippen molar-refractivity contribution in [2.75, 3.05) is 0 Å². The molecule has 0 saturated carbocycles. The third-order valence-electron chi connectivity index (χ3n) is 1.54. The van der Waals surface area contributed by atoms with Crippen LogP contribution < -0.4 is 61.0 Å². The molecule has 0 saturated heterocycles. The van der Waals surface area contributed by atoms with Crippen LogP contribution in [0.25, 0.3) is 0 Å². The van der Waals surface area contributed by atoms with Gasteiger partial charge < -0.3 is 0 Å². The van der Waals surface area contributed by atoms with E-state index in [2.05, 4.69) is 12.1 Å². The molecule has 0 aromatic heterocycles. The average molecular weight is 281 g/mol. The molecule has 0 bridgehead atoms. The molecule has 0 amide bonds. The number of carboxylic acid groups (broad SMARTS) is 1. The van der Waals surface area contributed by atoms with Crippen molar-refractivity contribution in [3.05, 3.63) is 30.3 Å². The normalized spacial score (nSPS) is 9.14. The molecule has 0 atom stereocenters. The molecule has 2 nitrogen and oxygen atoms in total. The maximum absolute atomic E-state index is 10.1. The number of carbonyl (C=O) groups is 1. The minimum absolute atomic E-state index is 0. The Hall–Kier alpha value is 0.846. The molecule has 0 aliphatic carbocycles. The van der Waals surface area contributed by atoms with Crippen molar-refractivity contribution in [1.82, 2.24) is 0 Å². The summed E-state index contributed by atoms with van der Waals surface area (Å²) in [4.78, 5) is 10.1. The molecule has 0 fully saturated rings. The Balaban J connectivity index is 0.00000169. The van der Waals surface area contributed by atoms with Gasteiger partial charge in [-0.3, -0.25) is 0 Å². The Morgan fingerprint density at radius 1 is 1.29 bits per heavy atom. The Labute approximate surface area is 133 Å². The van der Waals surface area contributed by atoms with E-state index in [-0.39, 0.29) is 57.8 Å². The van der Waals surface area contributed by atoms with Crippen LogP contribution in [-0.4, -0.2) is 20.9 Å². The molecule has 0 heterocycles. The van der Waals surface area contributed by atoms with E-state index in [0.29, 0.717) is 15.0 Å². The number of carboxylic acids is 1. The zero-order valence-electron chi connectivity index (χ0n) is 8.23. The summed E-state index contributed by atoms with van der Waals surface area (Å²) in [6.45, 7) is 0. The Morgan fingerprint density at radius 2 is 1.93 bits per heavy atom. The summed E-state index contributed by atoms with van der Waals surface area (Å²) in [7, 11) is 0. The Bertz CT molecular complexity index is 264. The van der Waals surface area contributed by atoms with E-state index in [1.807, 2.05) is 18.2 Å². The van der Waals surface area contributed by atoms with Crippen LogP contribution in [0.4, 0.5) is 0 Å². The monoisotopic (exact) mass is 282 g/mol. The largest absolute Gasteiger partial charge is 1.00 e. The fourth-order valence-electron chi connectivity index (χ4n) is 0.923. The first-order chi connectivity index (χ1) is 6.29. The molecule has 14 heavy (non-hydrogen) atoms. The van der Waals surface area contributed by atoms with Gasteiger partial charge in [0.05, 0.1) is 0 Å². The van der Waals surface area contributed by atoms with E-state index >= 15 is 0 Å². The van der Waals surface area contributed by atoms with E-state index in [1.54, 1.807) is 0 Å². The van der Waals surface area contributed by atoms with Gasteiger partial charge in [0.25, 0.3) is 0 Å². The summed E-state index contributed by atoms with van der Waals surface area (Å²) < 4.78 is 1.33. The van der Waals surface area contributed by atoms with Crippen molar-refractivity contribution in [2.45, 2.75) is 18.2 Å². The molecular weight excluding hydrogens is 270 g/mol. The van der Waals surface area contributed by atoms with Crippen molar-refractivity contribution in [3.8, 4) is 0 Å². The van der Waals surface area contributed by atoms with Gasteiger partial charge in [-0.05, 0) is 0 Å². The third-order valence-corrected chi connectivity index (χ3v) is 3.84. The molecule has 0 radical (unpaired) electrons. The topological polar surface area (TPSA) is 40.1 Å². The van der Waals surface area contributed by atoms with Gasteiger partial charge in [-0.15, -0.1) is 0 Å². The van der Waals surface area contributed by atoms with E-state index in [1.165, 1.54) is 4.46 Å². The molecule has 0 aliphatic heterocycles. The van der Waals surface area contributed by atoms with Gasteiger partial charge in [0, 0.05) is 0 Å². The third kappa shape index (κ3) is 7.18. The number of hydrogen-bond acceptors (Lipinski definition) is 2. The van der Waals surface area contributed by atoms with Gasteiger partial charge in [-0.2, -0.15) is 0 Å². The smallest absolute Gasteiger partial charge is 1.00 e. The number of rotatable bonds is 5. The van der Waals surface area contributed by atoms with Crippen LogP contribution in [0.2, 0.25) is 5.32 Å². The van der Waals surface area contributed by atoms with Gasteiger partial charge in [0.1, 0.15) is 0 Å². The minimum atomic E-state index is -0.941. The number of aliphatic carboxylic acids is 1. The van der Waals surface area contributed by atoms with Gasteiger partial charge >= 0.3 is 135 Å². The summed E-state index contributed by atoms with van der Waals surface area (Å²) in [5, 5.41) is 11.1. The summed E-state index contributed by atoms with van der Waals surface area (Å²) in [5.41, 5.74) is 0. The van der Waals surface area contributed by atoms with Crippen molar-refractivity contribution in [3.63, 3.8) is 0 Å². The van der Waals surface area contributed by atoms with Crippen LogP contribution in [0.1, 0.15) is 12.8 Å². The quantitative estimate of drug-likeness (QED) is 0.425. The van der Waals surface area contributed by atoms with Crippen molar-refractivity contribution < 1.29 is 61.3 Å². The fraction of sp³-hybridized carbons (Fsp3) is 0.300. The van der Waals surface area contributed by atoms with Crippen molar-refractivity contribution in [2.24, 2.45) is 0 Å². The van der Waals surface area contributed by atoms with Crippen LogP contribution in [-0.2, 0) is 4.79 Å². The molecule has 0 unspecified atom stereocenters. The maximum atomic E-state index is 10.1. The second kappa shape index (κ2) is 9.10.